The molecule has 0 heterocycles. The first-order valence-electron chi connectivity index (χ1n) is 8.38. The van der Waals surface area contributed by atoms with Gasteiger partial charge < -0.3 is 14.6 Å². The van der Waals surface area contributed by atoms with E-state index in [1.165, 1.54) is 51.3 Å². The summed E-state index contributed by atoms with van der Waals surface area (Å²) in [6.07, 6.45) is 0. The molecule has 0 saturated carbocycles. The van der Waals surface area contributed by atoms with Gasteiger partial charge in [-0.05, 0) is 56.3 Å². The zero-order chi connectivity index (χ0) is 21.7. The molecule has 0 fully saturated rings. The van der Waals surface area contributed by atoms with Crippen LogP contribution < -0.4 is 9.46 Å². The Morgan fingerprint density at radius 1 is 1.21 bits per heavy atom. The molecule has 0 bridgehead atoms. The molecule has 2 aromatic rings. The van der Waals surface area contributed by atoms with Crippen LogP contribution in [0.5, 0.6) is 5.75 Å². The number of aliphatic carboxylic acids is 1. The molecule has 7 nitrogen and oxygen atoms in total. The maximum Gasteiger partial charge on any atom is 0.335 e. The molecule has 0 aliphatic heterocycles. The van der Waals surface area contributed by atoms with Gasteiger partial charge in [-0.3, -0.25) is 4.72 Å². The van der Waals surface area contributed by atoms with Gasteiger partial charge in [0.05, 0.1) is 23.3 Å². The molecular weight excluding hydrogens is 418 g/mol. The van der Waals surface area contributed by atoms with Crippen molar-refractivity contribution >= 4 is 33.3 Å². The number of hydrogen-bond acceptors (Lipinski definition) is 5. The highest BCUT2D eigenvalue weighted by Crippen LogP contribution is 2.24. The molecule has 0 aliphatic carbocycles. The number of rotatable bonds is 7. The van der Waals surface area contributed by atoms with E-state index >= 15 is 0 Å². The van der Waals surface area contributed by atoms with Gasteiger partial charge in [-0.2, -0.15) is 0 Å². The van der Waals surface area contributed by atoms with E-state index in [-0.39, 0.29) is 17.2 Å². The number of carboxylic acid groups (broad SMARTS) is 1. The maximum atomic E-state index is 12.7. The molecule has 154 valence electrons. The van der Waals surface area contributed by atoms with E-state index in [9.17, 15) is 13.2 Å². The van der Waals surface area contributed by atoms with Crippen LogP contribution in [0, 0.1) is 11.8 Å². The predicted molar refractivity (Wildman–Crippen MR) is 110 cm³/mol. The van der Waals surface area contributed by atoms with E-state index in [4.69, 9.17) is 26.2 Å². The Hall–Kier alpha value is -2.73. The molecule has 2 N–H and O–H groups in total. The minimum absolute atomic E-state index is 0.0544. The number of ether oxygens (including phenoxy) is 2. The number of carbonyl (C=O) groups is 1. The van der Waals surface area contributed by atoms with Gasteiger partial charge in [0.25, 0.3) is 10.0 Å². The van der Waals surface area contributed by atoms with Gasteiger partial charge in [0.2, 0.25) is 0 Å². The first kappa shape index (κ1) is 22.6. The number of hydrogen-bond donors (Lipinski definition) is 2. The van der Waals surface area contributed by atoms with Crippen LogP contribution in [0.25, 0.3) is 0 Å². The number of sulfonamides is 1. The largest absolute Gasteiger partial charge is 0.497 e. The molecule has 0 radical (unpaired) electrons. The summed E-state index contributed by atoms with van der Waals surface area (Å²) in [5.41, 5.74) is -0.830. The van der Waals surface area contributed by atoms with Crippen molar-refractivity contribution < 1.29 is 27.8 Å². The molecular formula is C20H20ClNO6S. The molecule has 0 aromatic heterocycles. The standard InChI is InChI=1S/C20H20ClNO6S/c1-20(2,19(23)24)28-12-4-5-14-13-15(21)6-11-18(14)22-29(25,26)17-9-7-16(27-3)8-10-17/h6-11,13,22H,12H2,1-3H3,(H,23,24). The predicted octanol–water partition coefficient (Wildman–Crippen LogP) is 3.38. The number of methoxy groups -OCH3 is 1. The fourth-order valence-corrected chi connectivity index (χ4v) is 3.33. The lowest BCUT2D eigenvalue weighted by Crippen LogP contribution is -2.34. The van der Waals surface area contributed by atoms with Crippen LogP contribution in [0.15, 0.2) is 47.4 Å². The quantitative estimate of drug-likeness (QED) is 0.644. The van der Waals surface area contributed by atoms with Crippen LogP contribution in [-0.2, 0) is 19.6 Å². The van der Waals surface area contributed by atoms with E-state index in [2.05, 4.69) is 16.6 Å². The van der Waals surface area contributed by atoms with Crippen molar-refractivity contribution in [3.05, 3.63) is 53.1 Å². The summed E-state index contributed by atoms with van der Waals surface area (Å²) in [7, 11) is -2.38. The Balaban J connectivity index is 2.24. The molecule has 0 saturated heterocycles. The summed E-state index contributed by atoms with van der Waals surface area (Å²) in [5, 5.41) is 9.40. The van der Waals surface area contributed by atoms with Gasteiger partial charge >= 0.3 is 5.97 Å². The Bertz CT molecular complexity index is 1050. The van der Waals surface area contributed by atoms with Crippen molar-refractivity contribution in [2.45, 2.75) is 24.3 Å². The van der Waals surface area contributed by atoms with E-state index in [0.717, 1.165) is 0 Å². The Morgan fingerprint density at radius 3 is 2.45 bits per heavy atom. The molecule has 0 amide bonds. The SMILES string of the molecule is COc1ccc(S(=O)(=O)Nc2ccc(Cl)cc2C#CCOC(C)(C)C(=O)O)cc1. The molecule has 0 unspecified atom stereocenters. The van der Waals surface area contributed by atoms with Crippen LogP contribution in [0.3, 0.4) is 0 Å². The van der Waals surface area contributed by atoms with Crippen molar-refractivity contribution in [2.75, 3.05) is 18.4 Å². The number of nitrogens with one attached hydrogen (secondary N) is 1. The fraction of sp³-hybridized carbons (Fsp3) is 0.250. The third-order valence-corrected chi connectivity index (χ3v) is 5.46. The second-order valence-corrected chi connectivity index (χ2v) is 8.50. The zero-order valence-corrected chi connectivity index (χ0v) is 17.6. The molecule has 2 aromatic carbocycles. The second-order valence-electron chi connectivity index (χ2n) is 6.38. The third-order valence-electron chi connectivity index (χ3n) is 3.84. The lowest BCUT2D eigenvalue weighted by atomic mass is 10.1. The highest BCUT2D eigenvalue weighted by molar-refractivity contribution is 7.92. The van der Waals surface area contributed by atoms with Gasteiger partial charge in [0.15, 0.2) is 5.60 Å². The van der Waals surface area contributed by atoms with Gasteiger partial charge in [-0.1, -0.05) is 23.4 Å². The molecule has 0 aliphatic rings. The van der Waals surface area contributed by atoms with Gasteiger partial charge in [0, 0.05) is 5.02 Å². The lowest BCUT2D eigenvalue weighted by Gasteiger charge is -2.17. The molecule has 29 heavy (non-hydrogen) atoms. The van der Waals surface area contributed by atoms with Crippen LogP contribution in [0.4, 0.5) is 5.69 Å². The van der Waals surface area contributed by atoms with Gasteiger partial charge in [0.1, 0.15) is 12.4 Å². The summed E-state index contributed by atoms with van der Waals surface area (Å²) in [4.78, 5) is 11.1. The topological polar surface area (TPSA) is 102 Å². The number of benzene rings is 2. The monoisotopic (exact) mass is 437 g/mol. The van der Waals surface area contributed by atoms with Crippen molar-refractivity contribution in [1.29, 1.82) is 0 Å². The highest BCUT2D eigenvalue weighted by Gasteiger charge is 2.27. The normalized spacial score (nSPS) is 11.3. The van der Waals surface area contributed by atoms with Crippen molar-refractivity contribution in [3.63, 3.8) is 0 Å². The number of halogens is 1. The highest BCUT2D eigenvalue weighted by atomic mass is 35.5. The molecule has 0 spiro atoms. The summed E-state index contributed by atoms with van der Waals surface area (Å²) in [6, 6.07) is 10.5. The first-order valence-corrected chi connectivity index (χ1v) is 10.2. The van der Waals surface area contributed by atoms with Crippen molar-refractivity contribution in [3.8, 4) is 17.6 Å². The van der Waals surface area contributed by atoms with E-state index in [1.807, 2.05) is 0 Å². The third kappa shape index (κ3) is 6.12. The minimum Gasteiger partial charge on any atom is -0.497 e. The maximum absolute atomic E-state index is 12.7. The van der Waals surface area contributed by atoms with E-state index in [0.29, 0.717) is 16.3 Å². The van der Waals surface area contributed by atoms with E-state index in [1.54, 1.807) is 12.1 Å². The van der Waals surface area contributed by atoms with Crippen LogP contribution in [-0.4, -0.2) is 38.8 Å². The molecule has 2 rings (SSSR count). The molecule has 9 heteroatoms. The van der Waals surface area contributed by atoms with Crippen LogP contribution in [0.2, 0.25) is 5.02 Å². The van der Waals surface area contributed by atoms with Crippen LogP contribution >= 0.6 is 11.6 Å². The average Bonchev–Trinajstić information content (AvgIpc) is 2.67. The Morgan fingerprint density at radius 2 is 1.86 bits per heavy atom. The van der Waals surface area contributed by atoms with Crippen molar-refractivity contribution in [2.24, 2.45) is 0 Å². The summed E-state index contributed by atoms with van der Waals surface area (Å²) in [5.74, 6) is 4.85. The van der Waals surface area contributed by atoms with Gasteiger partial charge in [-0.25, -0.2) is 13.2 Å². The minimum atomic E-state index is -3.86. The van der Waals surface area contributed by atoms with Crippen LogP contribution in [0.1, 0.15) is 19.4 Å². The lowest BCUT2D eigenvalue weighted by molar-refractivity contribution is -0.159. The van der Waals surface area contributed by atoms with Gasteiger partial charge in [-0.15, -0.1) is 0 Å². The first-order chi connectivity index (χ1) is 13.5. The van der Waals surface area contributed by atoms with E-state index < -0.39 is 21.6 Å². The zero-order valence-electron chi connectivity index (χ0n) is 16.0. The van der Waals surface area contributed by atoms with Crippen molar-refractivity contribution in [1.82, 2.24) is 0 Å². The summed E-state index contributed by atoms with van der Waals surface area (Å²) in [6.45, 7) is 2.66. The number of carboxylic acids is 1. The smallest absolute Gasteiger partial charge is 0.335 e. The number of anilines is 1. The molecule has 0 atom stereocenters. The fourth-order valence-electron chi connectivity index (χ4n) is 2.08. The Labute approximate surface area is 174 Å². The summed E-state index contributed by atoms with van der Waals surface area (Å²) < 4.78 is 38.0. The second kappa shape index (κ2) is 9.18. The summed E-state index contributed by atoms with van der Waals surface area (Å²) >= 11 is 6.00. The Kier molecular flexibility index (Phi) is 7.14. The average molecular weight is 438 g/mol.